The molecule has 7 heteroatoms. The van der Waals surface area contributed by atoms with Crippen molar-refractivity contribution >= 4 is 10.9 Å². The van der Waals surface area contributed by atoms with Crippen molar-refractivity contribution in [1.82, 2.24) is 30.1 Å². The molecule has 0 amide bonds. The molecule has 0 bridgehead atoms. The number of H-pyrrole nitrogens is 1. The largest absolute Gasteiger partial charge is 0.322 e. The summed E-state index contributed by atoms with van der Waals surface area (Å²) in [6.07, 6.45) is 12.9. The van der Waals surface area contributed by atoms with Gasteiger partial charge in [0.15, 0.2) is 5.82 Å². The summed E-state index contributed by atoms with van der Waals surface area (Å²) in [5.74, 6) is 0.977. The van der Waals surface area contributed by atoms with Crippen molar-refractivity contribution in [2.45, 2.75) is 109 Å². The third-order valence-electron chi connectivity index (χ3n) is 8.06. The molecule has 2 fully saturated rings. The highest BCUT2D eigenvalue weighted by atomic mass is 16.1. The van der Waals surface area contributed by atoms with Crippen LogP contribution in [0.3, 0.4) is 0 Å². The number of rotatable bonds is 8. The predicted molar refractivity (Wildman–Crippen MR) is 135 cm³/mol. The topological polar surface area (TPSA) is 79.7 Å². The highest BCUT2D eigenvalue weighted by molar-refractivity contribution is 5.79. The second-order valence-corrected chi connectivity index (χ2v) is 10.2. The lowest BCUT2D eigenvalue weighted by atomic mass is 9.92. The lowest BCUT2D eigenvalue weighted by molar-refractivity contribution is 0.0830. The number of fused-ring (bicyclic) bond motifs is 1. The third kappa shape index (κ3) is 4.67. The molecule has 3 aromatic rings. The average molecular weight is 463 g/mol. The number of nitrogens with one attached hydrogen (secondary N) is 1. The molecule has 2 saturated carbocycles. The van der Waals surface area contributed by atoms with Gasteiger partial charge >= 0.3 is 0 Å². The number of hydrogen-bond acceptors (Lipinski definition) is 5. The molecule has 0 spiro atoms. The van der Waals surface area contributed by atoms with Gasteiger partial charge in [-0.2, -0.15) is 0 Å². The maximum atomic E-state index is 13.2. The van der Waals surface area contributed by atoms with E-state index in [1.807, 2.05) is 6.07 Å². The number of benzene rings is 1. The maximum absolute atomic E-state index is 13.2. The molecule has 0 unspecified atom stereocenters. The first kappa shape index (κ1) is 23.2. The van der Waals surface area contributed by atoms with E-state index in [2.05, 4.69) is 62.1 Å². The van der Waals surface area contributed by atoms with Crippen LogP contribution in [0.5, 0.6) is 0 Å². The molecule has 0 radical (unpaired) electrons. The number of tetrazole rings is 1. The standard InChI is InChI=1S/C27H38N6O/c1-3-19-14-15-24-20(16-19)17-21(27(34)28-24)18-32(22-10-6-5-7-11-22)25(4-2)26-29-30-31-33(26)23-12-8-9-13-23/h14-17,22-23,25H,3-13,18H2,1-2H3,(H,28,34)/t25-/m1/s1. The van der Waals surface area contributed by atoms with Crippen molar-refractivity contribution in [1.29, 1.82) is 0 Å². The Morgan fingerprint density at radius 2 is 1.82 bits per heavy atom. The number of aromatic nitrogens is 5. The third-order valence-corrected chi connectivity index (χ3v) is 8.06. The van der Waals surface area contributed by atoms with Crippen LogP contribution in [-0.4, -0.2) is 36.1 Å². The zero-order chi connectivity index (χ0) is 23.5. The fourth-order valence-electron chi connectivity index (χ4n) is 6.14. The summed E-state index contributed by atoms with van der Waals surface area (Å²) in [5.41, 5.74) is 3.05. The van der Waals surface area contributed by atoms with Crippen LogP contribution in [0.25, 0.3) is 10.9 Å². The van der Waals surface area contributed by atoms with E-state index < -0.39 is 0 Å². The van der Waals surface area contributed by atoms with E-state index in [0.29, 0.717) is 18.6 Å². The second kappa shape index (κ2) is 10.4. The summed E-state index contributed by atoms with van der Waals surface area (Å²) in [6, 6.07) is 9.41. The Kier molecular flexibility index (Phi) is 7.09. The van der Waals surface area contributed by atoms with Crippen molar-refractivity contribution in [3.8, 4) is 0 Å². The van der Waals surface area contributed by atoms with Gasteiger partial charge in [0.2, 0.25) is 0 Å². The molecule has 1 N–H and O–H groups in total. The van der Waals surface area contributed by atoms with E-state index in [-0.39, 0.29) is 11.6 Å². The van der Waals surface area contributed by atoms with Gasteiger partial charge < -0.3 is 4.98 Å². The Bertz CT molecular complexity index is 1160. The zero-order valence-corrected chi connectivity index (χ0v) is 20.7. The first-order valence-corrected chi connectivity index (χ1v) is 13.4. The smallest absolute Gasteiger partial charge is 0.252 e. The fraction of sp³-hybridized carbons (Fsp3) is 0.630. The molecule has 2 heterocycles. The Hall–Kier alpha value is -2.54. The van der Waals surface area contributed by atoms with E-state index in [1.165, 1.54) is 50.5 Å². The minimum absolute atomic E-state index is 0.0165. The fourth-order valence-corrected chi connectivity index (χ4v) is 6.14. The molecule has 7 nitrogen and oxygen atoms in total. The van der Waals surface area contributed by atoms with Crippen LogP contribution in [0.2, 0.25) is 0 Å². The van der Waals surface area contributed by atoms with Gasteiger partial charge in [-0.05, 0) is 78.1 Å². The second-order valence-electron chi connectivity index (χ2n) is 10.2. The number of aromatic amines is 1. The van der Waals surface area contributed by atoms with Crippen molar-refractivity contribution in [3.05, 3.63) is 51.6 Å². The van der Waals surface area contributed by atoms with Gasteiger partial charge in [0.1, 0.15) is 0 Å². The molecule has 1 atom stereocenters. The Morgan fingerprint density at radius 3 is 2.56 bits per heavy atom. The Balaban J connectivity index is 1.52. The normalized spacial score (nSPS) is 18.8. The van der Waals surface area contributed by atoms with Crippen LogP contribution >= 0.6 is 0 Å². The molecule has 2 aliphatic carbocycles. The van der Waals surface area contributed by atoms with Crippen molar-refractivity contribution < 1.29 is 0 Å². The quantitative estimate of drug-likeness (QED) is 0.480. The number of nitrogens with zero attached hydrogens (tertiary/aromatic N) is 5. The summed E-state index contributed by atoms with van der Waals surface area (Å²) >= 11 is 0. The van der Waals surface area contributed by atoms with E-state index in [1.54, 1.807) is 0 Å². The highest BCUT2D eigenvalue weighted by Gasteiger charge is 2.33. The van der Waals surface area contributed by atoms with Gasteiger partial charge in [-0.1, -0.05) is 52.0 Å². The minimum Gasteiger partial charge on any atom is -0.322 e. The molecule has 5 rings (SSSR count). The summed E-state index contributed by atoms with van der Waals surface area (Å²) in [5, 5.41) is 14.2. The summed E-state index contributed by atoms with van der Waals surface area (Å²) in [4.78, 5) is 18.8. The van der Waals surface area contributed by atoms with Gasteiger partial charge in [-0.15, -0.1) is 5.10 Å². The SMILES string of the molecule is CCc1ccc2[nH]c(=O)c(CN(C3CCCCC3)[C@H](CC)c3nnnn3C3CCCC3)cc2c1. The van der Waals surface area contributed by atoms with E-state index in [4.69, 9.17) is 0 Å². The molecule has 0 aliphatic heterocycles. The molecule has 182 valence electrons. The van der Waals surface area contributed by atoms with Crippen LogP contribution in [0.4, 0.5) is 0 Å². The molecule has 1 aromatic carbocycles. The number of hydrogen-bond donors (Lipinski definition) is 1. The molecule has 2 aliphatic rings. The summed E-state index contributed by atoms with van der Waals surface area (Å²) in [6.45, 7) is 5.02. The summed E-state index contributed by atoms with van der Waals surface area (Å²) < 4.78 is 2.11. The predicted octanol–water partition coefficient (Wildman–Crippen LogP) is 5.48. The first-order valence-electron chi connectivity index (χ1n) is 13.4. The lowest BCUT2D eigenvalue weighted by Gasteiger charge is -2.39. The van der Waals surface area contributed by atoms with E-state index in [0.717, 1.165) is 48.0 Å². The number of aryl methyl sites for hydroxylation is 1. The maximum Gasteiger partial charge on any atom is 0.252 e. The van der Waals surface area contributed by atoms with Gasteiger partial charge in [0.05, 0.1) is 12.1 Å². The van der Waals surface area contributed by atoms with Crippen LogP contribution in [0.15, 0.2) is 29.1 Å². The van der Waals surface area contributed by atoms with E-state index in [9.17, 15) is 4.79 Å². The zero-order valence-electron chi connectivity index (χ0n) is 20.7. The Morgan fingerprint density at radius 1 is 1.06 bits per heavy atom. The van der Waals surface area contributed by atoms with Crippen LogP contribution in [0, 0.1) is 0 Å². The molecule has 34 heavy (non-hydrogen) atoms. The lowest BCUT2D eigenvalue weighted by Crippen LogP contribution is -2.41. The van der Waals surface area contributed by atoms with Gasteiger partial charge in [-0.25, -0.2) is 4.68 Å². The van der Waals surface area contributed by atoms with Crippen LogP contribution in [-0.2, 0) is 13.0 Å². The van der Waals surface area contributed by atoms with Gasteiger partial charge in [0.25, 0.3) is 5.56 Å². The highest BCUT2D eigenvalue weighted by Crippen LogP contribution is 2.36. The van der Waals surface area contributed by atoms with Crippen molar-refractivity contribution in [2.24, 2.45) is 0 Å². The van der Waals surface area contributed by atoms with Crippen molar-refractivity contribution in [3.63, 3.8) is 0 Å². The molecule has 2 aromatic heterocycles. The van der Waals surface area contributed by atoms with Crippen LogP contribution in [0.1, 0.15) is 107 Å². The van der Waals surface area contributed by atoms with Crippen LogP contribution < -0.4 is 5.56 Å². The van der Waals surface area contributed by atoms with E-state index >= 15 is 0 Å². The molecular weight excluding hydrogens is 424 g/mol. The number of pyridine rings is 1. The summed E-state index contributed by atoms with van der Waals surface area (Å²) in [7, 11) is 0. The molecule has 0 saturated heterocycles. The monoisotopic (exact) mass is 462 g/mol. The minimum atomic E-state index is 0.0165. The van der Waals surface area contributed by atoms with Gasteiger partial charge in [-0.3, -0.25) is 9.69 Å². The van der Waals surface area contributed by atoms with Gasteiger partial charge in [0, 0.05) is 23.7 Å². The first-order chi connectivity index (χ1) is 16.7. The average Bonchev–Trinajstić information content (AvgIpc) is 3.57. The Labute approximate surface area is 201 Å². The van der Waals surface area contributed by atoms with Crippen molar-refractivity contribution in [2.75, 3.05) is 0 Å². The molecular formula is C27H38N6O.